The molecule has 2 rings (SSSR count). The summed E-state index contributed by atoms with van der Waals surface area (Å²) < 4.78 is 4.92. The molecular formula is C17H25NO2. The van der Waals surface area contributed by atoms with Crippen LogP contribution in [0.1, 0.15) is 52.4 Å². The second-order valence-corrected chi connectivity index (χ2v) is 5.99. The van der Waals surface area contributed by atoms with Gasteiger partial charge in [-0.3, -0.25) is 4.99 Å². The topological polar surface area (TPSA) is 38.7 Å². The van der Waals surface area contributed by atoms with Crippen LogP contribution in [0, 0.1) is 5.92 Å². The molecule has 0 amide bonds. The minimum atomic E-state index is -0.238. The average molecular weight is 275 g/mol. The predicted molar refractivity (Wildman–Crippen MR) is 81.9 cm³/mol. The summed E-state index contributed by atoms with van der Waals surface area (Å²) >= 11 is 0. The van der Waals surface area contributed by atoms with Crippen LogP contribution in [0.5, 0.6) is 0 Å². The number of rotatable bonds is 5. The average Bonchev–Trinajstić information content (AvgIpc) is 2.83. The number of carbonyl (C=O) groups is 1. The van der Waals surface area contributed by atoms with Crippen molar-refractivity contribution in [2.24, 2.45) is 10.9 Å². The molecule has 3 heteroatoms. The first-order valence-electron chi connectivity index (χ1n) is 7.66. The van der Waals surface area contributed by atoms with E-state index in [1.807, 2.05) is 6.21 Å². The van der Waals surface area contributed by atoms with E-state index >= 15 is 0 Å². The van der Waals surface area contributed by atoms with Crippen LogP contribution in [0.25, 0.3) is 0 Å². The van der Waals surface area contributed by atoms with Gasteiger partial charge in [0.25, 0.3) is 0 Å². The summed E-state index contributed by atoms with van der Waals surface area (Å²) in [5.74, 6) is 0.339. The van der Waals surface area contributed by atoms with Gasteiger partial charge in [0.05, 0.1) is 6.61 Å². The molecule has 1 saturated heterocycles. The maximum absolute atomic E-state index is 11.3. The quantitative estimate of drug-likeness (QED) is 0.434. The third-order valence-electron chi connectivity index (χ3n) is 3.95. The highest BCUT2D eigenvalue weighted by Crippen LogP contribution is 2.26. The van der Waals surface area contributed by atoms with Crippen molar-refractivity contribution in [3.8, 4) is 0 Å². The van der Waals surface area contributed by atoms with E-state index < -0.39 is 0 Å². The smallest absolute Gasteiger partial charge is 0.330 e. The number of cyclic esters (lactones) is 1. The normalized spacial score (nSPS) is 26.5. The molecule has 0 bridgehead atoms. The van der Waals surface area contributed by atoms with Crippen molar-refractivity contribution < 1.29 is 9.53 Å². The summed E-state index contributed by atoms with van der Waals surface area (Å²) in [6.45, 7) is 4.82. The van der Waals surface area contributed by atoms with Crippen LogP contribution in [0.2, 0.25) is 0 Å². The molecule has 0 aromatic heterocycles. The molecule has 1 heterocycles. The number of nitrogens with zero attached hydrogens (tertiary/aromatic N) is 1. The van der Waals surface area contributed by atoms with Crippen LogP contribution in [-0.2, 0) is 9.53 Å². The Morgan fingerprint density at radius 2 is 2.30 bits per heavy atom. The lowest BCUT2D eigenvalue weighted by molar-refractivity contribution is -0.138. The maximum Gasteiger partial charge on any atom is 0.330 e. The van der Waals surface area contributed by atoms with Gasteiger partial charge in [-0.15, -0.1) is 0 Å². The van der Waals surface area contributed by atoms with Gasteiger partial charge in [-0.2, -0.15) is 0 Å². The van der Waals surface area contributed by atoms with Crippen molar-refractivity contribution in [2.45, 2.75) is 58.4 Å². The zero-order valence-corrected chi connectivity index (χ0v) is 12.6. The number of allylic oxidation sites excluding steroid dienone is 4. The molecule has 1 aliphatic heterocycles. The van der Waals surface area contributed by atoms with Crippen molar-refractivity contribution in [2.75, 3.05) is 6.61 Å². The van der Waals surface area contributed by atoms with Crippen molar-refractivity contribution in [1.29, 1.82) is 0 Å². The molecule has 3 nitrogen and oxygen atoms in total. The predicted octanol–water partition coefficient (Wildman–Crippen LogP) is 3.85. The van der Waals surface area contributed by atoms with E-state index in [1.165, 1.54) is 18.4 Å². The SMILES string of the molecule is CC(C)=CCCC1=CCC(C=NC2CCOC2=O)CC1. The number of hydrogen-bond acceptors (Lipinski definition) is 3. The Hall–Kier alpha value is -1.38. The molecule has 0 saturated carbocycles. The summed E-state index contributed by atoms with van der Waals surface area (Å²) in [6.07, 6.45) is 13.1. The zero-order chi connectivity index (χ0) is 14.4. The fourth-order valence-electron chi connectivity index (χ4n) is 2.66. The highest BCUT2D eigenvalue weighted by molar-refractivity contribution is 5.79. The maximum atomic E-state index is 11.3. The summed E-state index contributed by atoms with van der Waals surface area (Å²) in [7, 11) is 0. The van der Waals surface area contributed by atoms with Gasteiger partial charge in [0, 0.05) is 12.6 Å². The number of hydrogen-bond donors (Lipinski definition) is 0. The Balaban J connectivity index is 1.75. The van der Waals surface area contributed by atoms with Crippen molar-refractivity contribution in [1.82, 2.24) is 0 Å². The van der Waals surface area contributed by atoms with E-state index in [2.05, 4.69) is 31.0 Å². The van der Waals surface area contributed by atoms with Gasteiger partial charge in [0.2, 0.25) is 0 Å². The Morgan fingerprint density at radius 1 is 1.45 bits per heavy atom. The first-order chi connectivity index (χ1) is 9.65. The fraction of sp³-hybridized carbons (Fsp3) is 0.647. The Morgan fingerprint density at radius 3 is 2.90 bits per heavy atom. The number of ether oxygens (including phenoxy) is 1. The van der Waals surface area contributed by atoms with E-state index in [4.69, 9.17) is 4.74 Å². The molecule has 0 aromatic carbocycles. The van der Waals surface area contributed by atoms with Crippen molar-refractivity contribution in [3.63, 3.8) is 0 Å². The molecule has 0 radical (unpaired) electrons. The number of aliphatic imine (C=N–C) groups is 1. The monoisotopic (exact) mass is 275 g/mol. The summed E-state index contributed by atoms with van der Waals surface area (Å²) in [6, 6.07) is -0.238. The molecule has 2 unspecified atom stereocenters. The Labute approximate surface area is 121 Å². The number of esters is 1. The second-order valence-electron chi connectivity index (χ2n) is 5.99. The summed E-state index contributed by atoms with van der Waals surface area (Å²) in [5, 5.41) is 0. The molecule has 0 N–H and O–H groups in total. The van der Waals surface area contributed by atoms with E-state index in [-0.39, 0.29) is 12.0 Å². The van der Waals surface area contributed by atoms with E-state index in [0.717, 1.165) is 25.7 Å². The molecule has 1 aliphatic carbocycles. The molecule has 2 aliphatic rings. The van der Waals surface area contributed by atoms with Crippen LogP contribution in [-0.4, -0.2) is 24.8 Å². The van der Waals surface area contributed by atoms with Gasteiger partial charge >= 0.3 is 5.97 Å². The summed E-state index contributed by atoms with van der Waals surface area (Å²) in [5.41, 5.74) is 2.97. The molecular weight excluding hydrogens is 250 g/mol. The van der Waals surface area contributed by atoms with Crippen LogP contribution in [0.15, 0.2) is 28.3 Å². The first-order valence-corrected chi connectivity index (χ1v) is 7.66. The fourth-order valence-corrected chi connectivity index (χ4v) is 2.66. The molecule has 2 atom stereocenters. The standard InChI is InChI=1S/C17H25NO2/c1-13(2)4-3-5-14-6-8-15(9-7-14)12-18-16-10-11-20-17(16)19/h4,6,12,15-16H,3,5,7-11H2,1-2H3. The van der Waals surface area contributed by atoms with E-state index in [9.17, 15) is 4.79 Å². The van der Waals surface area contributed by atoms with E-state index in [1.54, 1.807) is 5.57 Å². The van der Waals surface area contributed by atoms with Crippen LogP contribution in [0.4, 0.5) is 0 Å². The third-order valence-corrected chi connectivity index (χ3v) is 3.95. The Bertz CT molecular complexity index is 430. The molecule has 1 fully saturated rings. The van der Waals surface area contributed by atoms with Gasteiger partial charge in [-0.25, -0.2) is 4.79 Å². The zero-order valence-electron chi connectivity index (χ0n) is 12.6. The van der Waals surface area contributed by atoms with Crippen molar-refractivity contribution in [3.05, 3.63) is 23.3 Å². The lowest BCUT2D eigenvalue weighted by atomic mass is 9.88. The lowest BCUT2D eigenvalue weighted by Gasteiger charge is -2.18. The van der Waals surface area contributed by atoms with Gasteiger partial charge < -0.3 is 4.74 Å². The first kappa shape index (κ1) is 15.0. The third kappa shape index (κ3) is 4.62. The van der Waals surface area contributed by atoms with Gasteiger partial charge in [-0.1, -0.05) is 23.3 Å². The van der Waals surface area contributed by atoms with Gasteiger partial charge in [-0.05, 0) is 51.9 Å². The van der Waals surface area contributed by atoms with Gasteiger partial charge in [0.15, 0.2) is 0 Å². The number of carbonyl (C=O) groups excluding carboxylic acids is 1. The molecule has 20 heavy (non-hydrogen) atoms. The molecule has 0 aromatic rings. The van der Waals surface area contributed by atoms with Crippen LogP contribution < -0.4 is 0 Å². The molecule has 0 spiro atoms. The highest BCUT2D eigenvalue weighted by atomic mass is 16.5. The molecule has 110 valence electrons. The highest BCUT2D eigenvalue weighted by Gasteiger charge is 2.25. The summed E-state index contributed by atoms with van der Waals surface area (Å²) in [4.78, 5) is 15.7. The minimum Gasteiger partial charge on any atom is -0.464 e. The second kappa shape index (κ2) is 7.41. The van der Waals surface area contributed by atoms with Crippen LogP contribution in [0.3, 0.4) is 0 Å². The minimum absolute atomic E-state index is 0.157. The Kier molecular flexibility index (Phi) is 5.57. The van der Waals surface area contributed by atoms with Crippen molar-refractivity contribution >= 4 is 12.2 Å². The van der Waals surface area contributed by atoms with Gasteiger partial charge in [0.1, 0.15) is 6.04 Å². The van der Waals surface area contributed by atoms with Crippen LogP contribution >= 0.6 is 0 Å². The largest absolute Gasteiger partial charge is 0.464 e. The lowest BCUT2D eigenvalue weighted by Crippen LogP contribution is -2.14. The van der Waals surface area contributed by atoms with E-state index in [0.29, 0.717) is 12.5 Å².